The van der Waals surface area contributed by atoms with Gasteiger partial charge in [-0.05, 0) is 30.2 Å². The Labute approximate surface area is 112 Å². The highest BCUT2D eigenvalue weighted by molar-refractivity contribution is 5.80. The molecule has 0 aliphatic heterocycles. The maximum absolute atomic E-state index is 11.5. The molecule has 0 aromatic heterocycles. The Hall–Kier alpha value is -2.29. The predicted octanol–water partition coefficient (Wildman–Crippen LogP) is 3.22. The Morgan fingerprint density at radius 1 is 1.00 bits per heavy atom. The van der Waals surface area contributed by atoms with Crippen LogP contribution in [0.3, 0.4) is 0 Å². The second-order valence-electron chi connectivity index (χ2n) is 4.46. The van der Waals surface area contributed by atoms with Crippen LogP contribution in [0.1, 0.15) is 22.6 Å². The molecule has 0 bridgehead atoms. The van der Waals surface area contributed by atoms with Gasteiger partial charge in [0.15, 0.2) is 0 Å². The van der Waals surface area contributed by atoms with Gasteiger partial charge >= 0.3 is 5.97 Å². The molecule has 0 aliphatic carbocycles. The summed E-state index contributed by atoms with van der Waals surface area (Å²) < 4.78 is 5.08. The zero-order valence-electron chi connectivity index (χ0n) is 11.0. The van der Waals surface area contributed by atoms with Gasteiger partial charge in [0.25, 0.3) is 0 Å². The normalized spacial score (nSPS) is 11.9. The van der Waals surface area contributed by atoms with Crippen molar-refractivity contribution in [3.05, 3.63) is 65.2 Å². The van der Waals surface area contributed by atoms with E-state index in [1.165, 1.54) is 0 Å². The number of carboxylic acid groups (broad SMARTS) is 1. The minimum atomic E-state index is -0.853. The average Bonchev–Trinajstić information content (AvgIpc) is 2.42. The number of rotatable bonds is 4. The van der Waals surface area contributed by atoms with E-state index in [-0.39, 0.29) is 0 Å². The number of aryl methyl sites for hydroxylation is 1. The Morgan fingerprint density at radius 3 is 1.89 bits per heavy atom. The number of benzene rings is 2. The first kappa shape index (κ1) is 13.1. The molecule has 1 atom stereocenters. The van der Waals surface area contributed by atoms with Crippen molar-refractivity contribution in [2.45, 2.75) is 12.8 Å². The van der Waals surface area contributed by atoms with E-state index < -0.39 is 11.9 Å². The minimum Gasteiger partial charge on any atom is -0.497 e. The van der Waals surface area contributed by atoms with Crippen LogP contribution in [0, 0.1) is 6.92 Å². The van der Waals surface area contributed by atoms with Crippen LogP contribution in [0.4, 0.5) is 0 Å². The van der Waals surface area contributed by atoms with E-state index in [0.717, 1.165) is 22.4 Å². The lowest BCUT2D eigenvalue weighted by atomic mass is 9.91. The number of carboxylic acids is 1. The van der Waals surface area contributed by atoms with Gasteiger partial charge in [0.05, 0.1) is 7.11 Å². The third kappa shape index (κ3) is 2.94. The molecule has 2 aromatic carbocycles. The molecule has 0 spiro atoms. The molecule has 0 aliphatic rings. The van der Waals surface area contributed by atoms with Gasteiger partial charge in [-0.15, -0.1) is 0 Å². The third-order valence-corrected chi connectivity index (χ3v) is 3.11. The summed E-state index contributed by atoms with van der Waals surface area (Å²) in [4.78, 5) is 11.5. The molecule has 0 fully saturated rings. The number of hydrogen-bond donors (Lipinski definition) is 1. The van der Waals surface area contributed by atoms with Gasteiger partial charge < -0.3 is 9.84 Å². The summed E-state index contributed by atoms with van der Waals surface area (Å²) in [5, 5.41) is 9.44. The molecule has 19 heavy (non-hydrogen) atoms. The van der Waals surface area contributed by atoms with Gasteiger partial charge in [-0.3, -0.25) is 4.79 Å². The van der Waals surface area contributed by atoms with Gasteiger partial charge in [0, 0.05) is 0 Å². The van der Waals surface area contributed by atoms with Crippen LogP contribution in [-0.4, -0.2) is 18.2 Å². The second kappa shape index (κ2) is 5.57. The molecule has 1 unspecified atom stereocenters. The minimum absolute atomic E-state index is 0.647. The molecule has 1 N–H and O–H groups in total. The lowest BCUT2D eigenvalue weighted by molar-refractivity contribution is -0.137. The smallest absolute Gasteiger partial charge is 0.315 e. The summed E-state index contributed by atoms with van der Waals surface area (Å²) in [5.41, 5.74) is 2.64. The number of hydrogen-bond acceptors (Lipinski definition) is 2. The van der Waals surface area contributed by atoms with Crippen LogP contribution in [0.5, 0.6) is 5.75 Å². The topological polar surface area (TPSA) is 46.5 Å². The number of aliphatic carboxylic acids is 1. The molecule has 2 rings (SSSR count). The largest absolute Gasteiger partial charge is 0.497 e. The van der Waals surface area contributed by atoms with Crippen LogP contribution in [0.2, 0.25) is 0 Å². The number of ether oxygens (including phenoxy) is 1. The summed E-state index contributed by atoms with van der Waals surface area (Å²) in [7, 11) is 1.59. The fraction of sp³-hybridized carbons (Fsp3) is 0.188. The molecule has 0 radical (unpaired) electrons. The van der Waals surface area contributed by atoms with Gasteiger partial charge in [0.1, 0.15) is 11.7 Å². The van der Waals surface area contributed by atoms with Crippen LogP contribution in [-0.2, 0) is 4.79 Å². The Balaban J connectivity index is 2.39. The molecule has 2 aromatic rings. The summed E-state index contributed by atoms with van der Waals surface area (Å²) in [6.45, 7) is 1.98. The molecule has 98 valence electrons. The van der Waals surface area contributed by atoms with Gasteiger partial charge in [-0.2, -0.15) is 0 Å². The standard InChI is InChI=1S/C16H16O3/c1-11-3-5-12(6-4-11)15(16(17)18)13-7-9-14(19-2)10-8-13/h3-10,15H,1-2H3,(H,17,18). The number of methoxy groups -OCH3 is 1. The van der Waals surface area contributed by atoms with Crippen molar-refractivity contribution in [1.29, 1.82) is 0 Å². The van der Waals surface area contributed by atoms with Crippen molar-refractivity contribution in [1.82, 2.24) is 0 Å². The zero-order chi connectivity index (χ0) is 13.8. The quantitative estimate of drug-likeness (QED) is 0.913. The fourth-order valence-electron chi connectivity index (χ4n) is 2.03. The SMILES string of the molecule is COc1ccc(C(C(=O)O)c2ccc(C)cc2)cc1. The maximum Gasteiger partial charge on any atom is 0.315 e. The Morgan fingerprint density at radius 2 is 1.47 bits per heavy atom. The van der Waals surface area contributed by atoms with E-state index in [9.17, 15) is 9.90 Å². The molecule has 0 amide bonds. The van der Waals surface area contributed by atoms with Gasteiger partial charge in [0.2, 0.25) is 0 Å². The molecule has 0 saturated carbocycles. The van der Waals surface area contributed by atoms with Gasteiger partial charge in [-0.1, -0.05) is 42.0 Å². The molecule has 3 nitrogen and oxygen atoms in total. The zero-order valence-corrected chi connectivity index (χ0v) is 11.0. The monoisotopic (exact) mass is 256 g/mol. The second-order valence-corrected chi connectivity index (χ2v) is 4.46. The summed E-state index contributed by atoms with van der Waals surface area (Å²) >= 11 is 0. The average molecular weight is 256 g/mol. The molecular weight excluding hydrogens is 240 g/mol. The predicted molar refractivity (Wildman–Crippen MR) is 73.7 cm³/mol. The van der Waals surface area contributed by atoms with E-state index in [1.807, 2.05) is 31.2 Å². The van der Waals surface area contributed by atoms with E-state index in [2.05, 4.69) is 0 Å². The highest BCUT2D eigenvalue weighted by Gasteiger charge is 2.21. The van der Waals surface area contributed by atoms with Crippen LogP contribution in [0.25, 0.3) is 0 Å². The summed E-state index contributed by atoms with van der Waals surface area (Å²) in [5.74, 6) is -0.780. The van der Waals surface area contributed by atoms with Crippen molar-refractivity contribution in [3.8, 4) is 5.75 Å². The third-order valence-electron chi connectivity index (χ3n) is 3.11. The molecule has 3 heteroatoms. The number of carbonyl (C=O) groups is 1. The van der Waals surface area contributed by atoms with E-state index >= 15 is 0 Å². The van der Waals surface area contributed by atoms with E-state index in [4.69, 9.17) is 4.74 Å². The van der Waals surface area contributed by atoms with Gasteiger partial charge in [-0.25, -0.2) is 0 Å². The fourth-order valence-corrected chi connectivity index (χ4v) is 2.03. The van der Waals surface area contributed by atoms with Crippen LogP contribution < -0.4 is 4.74 Å². The molecular formula is C16H16O3. The first-order valence-electron chi connectivity index (χ1n) is 6.05. The van der Waals surface area contributed by atoms with E-state index in [1.54, 1.807) is 31.4 Å². The van der Waals surface area contributed by atoms with Crippen molar-refractivity contribution in [3.63, 3.8) is 0 Å². The lowest BCUT2D eigenvalue weighted by Crippen LogP contribution is -2.13. The highest BCUT2D eigenvalue weighted by atomic mass is 16.5. The first-order valence-corrected chi connectivity index (χ1v) is 6.05. The highest BCUT2D eigenvalue weighted by Crippen LogP contribution is 2.26. The maximum atomic E-state index is 11.5. The van der Waals surface area contributed by atoms with Crippen molar-refractivity contribution >= 4 is 5.97 Å². The first-order chi connectivity index (χ1) is 9.11. The van der Waals surface area contributed by atoms with Crippen molar-refractivity contribution in [2.24, 2.45) is 0 Å². The summed E-state index contributed by atoms with van der Waals surface area (Å²) in [6.07, 6.45) is 0. The molecule has 0 saturated heterocycles. The van der Waals surface area contributed by atoms with Crippen LogP contribution in [0.15, 0.2) is 48.5 Å². The summed E-state index contributed by atoms with van der Waals surface area (Å²) in [6, 6.07) is 14.7. The van der Waals surface area contributed by atoms with Crippen LogP contribution >= 0.6 is 0 Å². The van der Waals surface area contributed by atoms with E-state index in [0.29, 0.717) is 0 Å². The van der Waals surface area contributed by atoms with Crippen molar-refractivity contribution in [2.75, 3.05) is 7.11 Å². The van der Waals surface area contributed by atoms with Crippen molar-refractivity contribution < 1.29 is 14.6 Å². The Bertz CT molecular complexity index is 556. The Kier molecular flexibility index (Phi) is 3.85. The lowest BCUT2D eigenvalue weighted by Gasteiger charge is -2.14. The molecule has 0 heterocycles.